The molecule has 0 N–H and O–H groups in total. The Bertz CT molecular complexity index is 2410. The van der Waals surface area contributed by atoms with Gasteiger partial charge in [-0.1, -0.05) is 23.2 Å². The summed E-state index contributed by atoms with van der Waals surface area (Å²) in [5.74, 6) is 0. The third kappa shape index (κ3) is 6.05. The van der Waals surface area contributed by atoms with Crippen LogP contribution in [0.3, 0.4) is 0 Å². The third-order valence-corrected chi connectivity index (χ3v) is 12.0. The predicted molar refractivity (Wildman–Crippen MR) is 192 cm³/mol. The molecule has 0 bridgehead atoms. The standard InChI is InChI=1S/C31H18Cl2N6O8S3/c32-25-13-15-27(23-3-1-17-34-29(23)25)36(49(44,45)21-9-5-19(6-10-21)38(40)41)31(48)37(28-16-14-26(33)30-24(28)4-2-18-35-30)50(46,47)22-11-7-20(8-12-22)39(42)43/h1-18H. The smallest absolute Gasteiger partial charge is 0.258 e. The summed E-state index contributed by atoms with van der Waals surface area (Å²) in [6.45, 7) is 0. The van der Waals surface area contributed by atoms with Crippen molar-refractivity contribution in [2.24, 2.45) is 0 Å². The highest BCUT2D eigenvalue weighted by molar-refractivity contribution is 7.98. The number of hydrogen-bond donors (Lipinski definition) is 0. The first-order chi connectivity index (χ1) is 23.7. The number of rotatable bonds is 8. The highest BCUT2D eigenvalue weighted by Gasteiger charge is 2.40. The van der Waals surface area contributed by atoms with Gasteiger partial charge in [-0.05, 0) is 85.0 Å². The number of pyridine rings is 2. The number of thiocarbonyl (C=S) groups is 1. The Kier molecular flexibility index (Phi) is 9.10. The number of hydrogen-bond acceptors (Lipinski definition) is 11. The minimum Gasteiger partial charge on any atom is -0.258 e. The Labute approximate surface area is 298 Å². The Morgan fingerprint density at radius 3 is 1.30 bits per heavy atom. The van der Waals surface area contributed by atoms with E-state index >= 15 is 0 Å². The summed E-state index contributed by atoms with van der Waals surface area (Å²) < 4.78 is 60.0. The zero-order chi connectivity index (χ0) is 36.0. The van der Waals surface area contributed by atoms with E-state index in [4.69, 9.17) is 35.4 Å². The fraction of sp³-hybridized carbons (Fsp3) is 0. The lowest BCUT2D eigenvalue weighted by Gasteiger charge is -2.33. The zero-order valence-electron chi connectivity index (χ0n) is 24.8. The van der Waals surface area contributed by atoms with Gasteiger partial charge in [0.25, 0.3) is 31.4 Å². The number of non-ortho nitro benzene ring substituents is 2. The second-order valence-corrected chi connectivity index (χ2v) is 15.0. The molecule has 0 saturated carbocycles. The molecule has 2 aromatic heterocycles. The molecule has 252 valence electrons. The van der Waals surface area contributed by atoms with Crippen LogP contribution < -0.4 is 8.61 Å². The first-order valence-corrected chi connectivity index (χ1v) is 18.0. The molecular formula is C31H18Cl2N6O8S3. The van der Waals surface area contributed by atoms with Gasteiger partial charge < -0.3 is 0 Å². The molecule has 14 nitrogen and oxygen atoms in total. The van der Waals surface area contributed by atoms with Gasteiger partial charge in [0.05, 0.1) is 52.1 Å². The molecule has 0 saturated heterocycles. The molecule has 0 spiro atoms. The lowest BCUT2D eigenvalue weighted by molar-refractivity contribution is -0.385. The van der Waals surface area contributed by atoms with E-state index in [0.717, 1.165) is 48.5 Å². The Morgan fingerprint density at radius 2 is 0.960 bits per heavy atom. The van der Waals surface area contributed by atoms with Gasteiger partial charge in [-0.25, -0.2) is 25.4 Å². The SMILES string of the molecule is O=[N+]([O-])c1ccc(S(=O)(=O)N(C(=S)N(c2ccc(Cl)c3ncccc23)S(=O)(=O)c2ccc([N+](=O)[O-])cc2)c2ccc(Cl)c3ncccc23)cc1. The van der Waals surface area contributed by atoms with Gasteiger partial charge in [-0.15, -0.1) is 0 Å². The number of benzene rings is 4. The molecule has 50 heavy (non-hydrogen) atoms. The van der Waals surface area contributed by atoms with Crippen molar-refractivity contribution in [1.82, 2.24) is 9.97 Å². The van der Waals surface area contributed by atoms with Gasteiger partial charge in [0.15, 0.2) is 0 Å². The first-order valence-electron chi connectivity index (χ1n) is 13.9. The summed E-state index contributed by atoms with van der Waals surface area (Å²) in [6.07, 6.45) is 2.84. The average Bonchev–Trinajstić information content (AvgIpc) is 3.10. The van der Waals surface area contributed by atoms with Gasteiger partial charge in [0, 0.05) is 47.4 Å². The van der Waals surface area contributed by atoms with E-state index in [1.807, 2.05) is 0 Å². The average molecular weight is 770 g/mol. The van der Waals surface area contributed by atoms with Crippen molar-refractivity contribution in [1.29, 1.82) is 0 Å². The maximum Gasteiger partial charge on any atom is 0.270 e. The van der Waals surface area contributed by atoms with Crippen molar-refractivity contribution >= 4 is 105 Å². The van der Waals surface area contributed by atoms with E-state index in [2.05, 4.69) is 9.97 Å². The van der Waals surface area contributed by atoms with Gasteiger partial charge in [-0.2, -0.15) is 0 Å². The number of aromatic nitrogens is 2. The second kappa shape index (κ2) is 13.2. The summed E-state index contributed by atoms with van der Waals surface area (Å²) in [4.78, 5) is 28.9. The summed E-state index contributed by atoms with van der Waals surface area (Å²) in [7, 11) is -9.83. The highest BCUT2D eigenvalue weighted by Crippen LogP contribution is 2.40. The van der Waals surface area contributed by atoms with Crippen LogP contribution in [0.5, 0.6) is 0 Å². The molecular weight excluding hydrogens is 751 g/mol. The summed E-state index contributed by atoms with van der Waals surface area (Å²) in [5.41, 5.74) is -0.820. The van der Waals surface area contributed by atoms with Gasteiger partial charge >= 0.3 is 0 Å². The molecule has 0 amide bonds. The topological polar surface area (TPSA) is 187 Å². The Balaban J connectivity index is 1.68. The summed E-state index contributed by atoms with van der Waals surface area (Å²) >= 11 is 18.7. The molecule has 0 radical (unpaired) electrons. The van der Waals surface area contributed by atoms with Crippen molar-refractivity contribution in [3.8, 4) is 0 Å². The predicted octanol–water partition coefficient (Wildman–Crippen LogP) is 7.28. The minimum absolute atomic E-state index is 0.146. The molecule has 0 aliphatic rings. The molecule has 4 aromatic carbocycles. The van der Waals surface area contributed by atoms with Crippen LogP contribution in [0.1, 0.15) is 0 Å². The van der Waals surface area contributed by atoms with Crippen LogP contribution in [0.2, 0.25) is 10.0 Å². The van der Waals surface area contributed by atoms with Crippen LogP contribution in [-0.4, -0.2) is 41.8 Å². The van der Waals surface area contributed by atoms with Gasteiger partial charge in [-0.3, -0.25) is 30.2 Å². The molecule has 2 heterocycles. The van der Waals surface area contributed by atoms with Crippen LogP contribution >= 0.6 is 35.4 Å². The number of halogens is 2. The fourth-order valence-electron chi connectivity index (χ4n) is 5.04. The van der Waals surface area contributed by atoms with E-state index in [-0.39, 0.29) is 43.2 Å². The number of nitro groups is 2. The second-order valence-electron chi connectivity index (χ2n) is 10.3. The van der Waals surface area contributed by atoms with Crippen LogP contribution in [0, 0.1) is 20.2 Å². The number of fused-ring (bicyclic) bond motifs is 2. The zero-order valence-corrected chi connectivity index (χ0v) is 28.8. The van der Waals surface area contributed by atoms with Crippen molar-refractivity contribution in [2.75, 3.05) is 8.61 Å². The number of sulfonamides is 2. The van der Waals surface area contributed by atoms with Crippen LogP contribution in [0.25, 0.3) is 21.8 Å². The van der Waals surface area contributed by atoms with Gasteiger partial charge in [0.1, 0.15) is 0 Å². The molecule has 0 unspecified atom stereocenters. The van der Waals surface area contributed by atoms with Gasteiger partial charge in [0.2, 0.25) is 5.11 Å². The molecule has 6 aromatic rings. The van der Waals surface area contributed by atoms with Crippen LogP contribution in [-0.2, 0) is 20.0 Å². The minimum atomic E-state index is -4.91. The van der Waals surface area contributed by atoms with Crippen LogP contribution in [0.15, 0.2) is 119 Å². The molecule has 19 heteroatoms. The maximum atomic E-state index is 14.7. The van der Waals surface area contributed by atoms with Crippen LogP contribution in [0.4, 0.5) is 22.7 Å². The lowest BCUT2D eigenvalue weighted by Crippen LogP contribution is -2.49. The monoisotopic (exact) mass is 768 g/mol. The van der Waals surface area contributed by atoms with Crippen molar-refractivity contribution in [2.45, 2.75) is 9.79 Å². The molecule has 0 atom stereocenters. The van der Waals surface area contributed by atoms with Crippen molar-refractivity contribution in [3.63, 3.8) is 0 Å². The third-order valence-electron chi connectivity index (χ3n) is 7.35. The molecule has 0 aliphatic carbocycles. The van der Waals surface area contributed by atoms with E-state index in [0.29, 0.717) is 8.61 Å². The molecule has 6 rings (SSSR count). The molecule has 0 fully saturated rings. The first kappa shape index (κ1) is 34.5. The maximum absolute atomic E-state index is 14.7. The normalized spacial score (nSPS) is 11.7. The lowest BCUT2D eigenvalue weighted by atomic mass is 10.1. The number of nitrogens with zero attached hydrogens (tertiary/aromatic N) is 6. The van der Waals surface area contributed by atoms with Crippen molar-refractivity contribution in [3.05, 3.63) is 140 Å². The summed E-state index contributed by atoms with van der Waals surface area (Å²) in [5, 5.41) is 22.5. The van der Waals surface area contributed by atoms with E-state index in [9.17, 15) is 37.1 Å². The highest BCUT2D eigenvalue weighted by atomic mass is 35.5. The largest absolute Gasteiger partial charge is 0.270 e. The fourth-order valence-corrected chi connectivity index (χ4v) is 9.10. The Morgan fingerprint density at radius 1 is 0.600 bits per heavy atom. The number of nitro benzene ring substituents is 2. The summed E-state index contributed by atoms with van der Waals surface area (Å²) in [6, 6.07) is 19.1. The van der Waals surface area contributed by atoms with E-state index in [1.54, 1.807) is 0 Å². The quantitative estimate of drug-likeness (QED) is 0.0860. The molecule has 0 aliphatic heterocycles. The van der Waals surface area contributed by atoms with E-state index < -0.39 is 56.2 Å². The van der Waals surface area contributed by atoms with E-state index in [1.165, 1.54) is 60.9 Å². The number of anilines is 2. The van der Waals surface area contributed by atoms with Crippen molar-refractivity contribution < 1.29 is 26.7 Å². The Hall–Kier alpha value is -5.33.